The Labute approximate surface area is 176 Å². The lowest BCUT2D eigenvalue weighted by Gasteiger charge is -2.15. The molecule has 4 rings (SSSR count). The van der Waals surface area contributed by atoms with Crippen molar-refractivity contribution in [3.63, 3.8) is 0 Å². The summed E-state index contributed by atoms with van der Waals surface area (Å²) < 4.78 is 10.6. The van der Waals surface area contributed by atoms with E-state index in [0.29, 0.717) is 21.3 Å². The summed E-state index contributed by atoms with van der Waals surface area (Å²) in [7, 11) is 0. The molecular formula is C20H16N2O5S2. The molecule has 2 amide bonds. The minimum absolute atomic E-state index is 0.191. The maximum Gasteiger partial charge on any atom is 0.326 e. The molecule has 7 nitrogen and oxygen atoms in total. The van der Waals surface area contributed by atoms with Gasteiger partial charge in [-0.2, -0.15) is 0 Å². The fourth-order valence-electron chi connectivity index (χ4n) is 3.24. The minimum atomic E-state index is -0.512. The standard InChI is InChI=1S/C20H16N2O5S2/c1-2-26-15(23)11-21-14-8-4-3-7-13(14)16(18(21)24)17-19(25)22(20(28)29-17)10-12-6-5-9-27-12/h3-9H,2,10-11H2,1H3/b17-16-. The van der Waals surface area contributed by atoms with Crippen LogP contribution in [0.25, 0.3) is 5.57 Å². The molecule has 0 bridgehead atoms. The third-order valence-electron chi connectivity index (χ3n) is 4.49. The molecular weight excluding hydrogens is 412 g/mol. The van der Waals surface area contributed by atoms with Crippen LogP contribution in [0.15, 0.2) is 52.0 Å². The third-order valence-corrected chi connectivity index (χ3v) is 5.93. The first-order chi connectivity index (χ1) is 14.0. The first-order valence-electron chi connectivity index (χ1n) is 8.88. The first kappa shape index (κ1) is 19.4. The number of rotatable bonds is 5. The maximum absolute atomic E-state index is 13.2. The molecule has 148 valence electrons. The maximum atomic E-state index is 13.2. The smallest absolute Gasteiger partial charge is 0.326 e. The van der Waals surface area contributed by atoms with E-state index in [1.165, 1.54) is 16.1 Å². The normalized spacial score (nSPS) is 18.6. The number of carbonyl (C=O) groups excluding carboxylic acids is 3. The number of fused-ring (bicyclic) bond motifs is 1. The van der Waals surface area contributed by atoms with Crippen molar-refractivity contribution >= 4 is 57.3 Å². The van der Waals surface area contributed by atoms with E-state index in [1.807, 2.05) is 0 Å². The molecule has 0 atom stereocenters. The van der Waals surface area contributed by atoms with Crippen LogP contribution in [0.1, 0.15) is 18.2 Å². The highest BCUT2D eigenvalue weighted by Gasteiger charge is 2.42. The van der Waals surface area contributed by atoms with Gasteiger partial charge in [-0.25, -0.2) is 0 Å². The number of amides is 2. The van der Waals surface area contributed by atoms with E-state index in [2.05, 4.69) is 0 Å². The Morgan fingerprint density at radius 1 is 1.14 bits per heavy atom. The average molecular weight is 428 g/mol. The van der Waals surface area contributed by atoms with Gasteiger partial charge in [0.15, 0.2) is 0 Å². The van der Waals surface area contributed by atoms with Gasteiger partial charge in [-0.3, -0.25) is 24.2 Å². The highest BCUT2D eigenvalue weighted by molar-refractivity contribution is 8.26. The van der Waals surface area contributed by atoms with Crippen LogP contribution in [0.5, 0.6) is 0 Å². The molecule has 0 radical (unpaired) electrons. The van der Waals surface area contributed by atoms with Crippen LogP contribution >= 0.6 is 24.0 Å². The lowest BCUT2D eigenvalue weighted by Crippen LogP contribution is -2.33. The summed E-state index contributed by atoms with van der Waals surface area (Å²) >= 11 is 6.45. The van der Waals surface area contributed by atoms with Crippen molar-refractivity contribution in [3.05, 3.63) is 58.9 Å². The molecule has 0 aliphatic carbocycles. The summed E-state index contributed by atoms with van der Waals surface area (Å²) in [6, 6.07) is 10.5. The molecule has 1 aromatic heterocycles. The van der Waals surface area contributed by atoms with Gasteiger partial charge in [-0.1, -0.05) is 42.2 Å². The van der Waals surface area contributed by atoms with Crippen LogP contribution in [-0.4, -0.2) is 40.2 Å². The molecule has 2 aliphatic heterocycles. The largest absolute Gasteiger partial charge is 0.467 e. The molecule has 0 N–H and O–H groups in total. The van der Waals surface area contributed by atoms with Gasteiger partial charge in [0, 0.05) is 5.56 Å². The van der Waals surface area contributed by atoms with Gasteiger partial charge in [0.05, 0.1) is 35.6 Å². The Balaban J connectivity index is 1.71. The second-order valence-electron chi connectivity index (χ2n) is 6.26. The number of para-hydroxylation sites is 1. The van der Waals surface area contributed by atoms with Gasteiger partial charge in [0.2, 0.25) is 0 Å². The Kier molecular flexibility index (Phi) is 5.25. The fourth-order valence-corrected chi connectivity index (χ4v) is 4.56. The first-order valence-corrected chi connectivity index (χ1v) is 10.1. The van der Waals surface area contributed by atoms with E-state index >= 15 is 0 Å². The summed E-state index contributed by atoms with van der Waals surface area (Å²) in [6.07, 6.45) is 1.52. The number of esters is 1. The number of thioether (sulfide) groups is 1. The second kappa shape index (κ2) is 7.84. The number of furan rings is 1. The number of hydrogen-bond donors (Lipinski definition) is 0. The van der Waals surface area contributed by atoms with Crippen molar-refractivity contribution in [1.82, 2.24) is 4.90 Å². The highest BCUT2D eigenvalue weighted by Crippen LogP contribution is 2.44. The molecule has 0 unspecified atom stereocenters. The lowest BCUT2D eigenvalue weighted by molar-refractivity contribution is -0.142. The third kappa shape index (κ3) is 3.47. The van der Waals surface area contributed by atoms with Crippen LogP contribution < -0.4 is 4.90 Å². The zero-order valence-electron chi connectivity index (χ0n) is 15.4. The average Bonchev–Trinajstić information content (AvgIpc) is 3.38. The van der Waals surface area contributed by atoms with Crippen molar-refractivity contribution in [2.75, 3.05) is 18.1 Å². The van der Waals surface area contributed by atoms with E-state index in [9.17, 15) is 14.4 Å². The van der Waals surface area contributed by atoms with Crippen molar-refractivity contribution in [2.45, 2.75) is 13.5 Å². The van der Waals surface area contributed by atoms with Crippen molar-refractivity contribution in [1.29, 1.82) is 0 Å². The number of carbonyl (C=O) groups is 3. The fraction of sp³-hybridized carbons (Fsp3) is 0.200. The zero-order chi connectivity index (χ0) is 20.5. The zero-order valence-corrected chi connectivity index (χ0v) is 17.0. The number of ether oxygens (including phenoxy) is 1. The molecule has 9 heteroatoms. The quantitative estimate of drug-likeness (QED) is 0.411. The predicted molar refractivity (Wildman–Crippen MR) is 112 cm³/mol. The number of nitrogens with zero attached hydrogens (tertiary/aromatic N) is 2. The van der Waals surface area contributed by atoms with Gasteiger partial charge in [0.1, 0.15) is 16.6 Å². The van der Waals surface area contributed by atoms with Crippen molar-refractivity contribution in [3.8, 4) is 0 Å². The summed E-state index contributed by atoms with van der Waals surface area (Å²) in [4.78, 5) is 41.2. The highest BCUT2D eigenvalue weighted by atomic mass is 32.2. The topological polar surface area (TPSA) is 80.1 Å². The Hall–Kier alpha value is -2.91. The van der Waals surface area contributed by atoms with E-state index in [1.54, 1.807) is 43.3 Å². The van der Waals surface area contributed by atoms with Crippen LogP contribution in [-0.2, 0) is 25.7 Å². The van der Waals surface area contributed by atoms with Gasteiger partial charge in [0.25, 0.3) is 11.8 Å². The minimum Gasteiger partial charge on any atom is -0.467 e. The van der Waals surface area contributed by atoms with Crippen LogP contribution in [0.2, 0.25) is 0 Å². The van der Waals surface area contributed by atoms with Crippen LogP contribution in [0.3, 0.4) is 0 Å². The SMILES string of the molecule is CCOC(=O)CN1C(=O)/C(=C2\SC(=S)N(Cc3ccco3)C2=O)c2ccccc21. The van der Waals surface area contributed by atoms with Gasteiger partial charge < -0.3 is 9.15 Å². The molecule has 29 heavy (non-hydrogen) atoms. The van der Waals surface area contributed by atoms with E-state index in [-0.39, 0.29) is 36.1 Å². The van der Waals surface area contributed by atoms with Crippen molar-refractivity contribution in [2.24, 2.45) is 0 Å². The van der Waals surface area contributed by atoms with Crippen molar-refractivity contribution < 1.29 is 23.5 Å². The molecule has 2 aliphatic rings. The van der Waals surface area contributed by atoms with Crippen LogP contribution in [0, 0.1) is 0 Å². The summed E-state index contributed by atoms with van der Waals surface area (Å²) in [5.74, 6) is -0.692. The number of hydrogen-bond acceptors (Lipinski definition) is 7. The Morgan fingerprint density at radius 3 is 2.66 bits per heavy atom. The Bertz CT molecular complexity index is 1040. The molecule has 0 spiro atoms. The van der Waals surface area contributed by atoms with E-state index in [4.69, 9.17) is 21.4 Å². The summed E-state index contributed by atoms with van der Waals surface area (Å²) in [6.45, 7) is 1.89. The van der Waals surface area contributed by atoms with Gasteiger partial charge in [-0.15, -0.1) is 0 Å². The molecule has 2 aromatic rings. The second-order valence-corrected chi connectivity index (χ2v) is 7.90. The molecule has 1 saturated heterocycles. The van der Waals surface area contributed by atoms with E-state index in [0.717, 1.165) is 11.8 Å². The van der Waals surface area contributed by atoms with Gasteiger partial charge >= 0.3 is 5.97 Å². The monoisotopic (exact) mass is 428 g/mol. The lowest BCUT2D eigenvalue weighted by atomic mass is 10.1. The number of thiocarbonyl (C=S) groups is 1. The summed E-state index contributed by atoms with van der Waals surface area (Å²) in [5.41, 5.74) is 1.42. The molecule has 3 heterocycles. The van der Waals surface area contributed by atoms with Crippen LogP contribution in [0.4, 0.5) is 5.69 Å². The van der Waals surface area contributed by atoms with E-state index < -0.39 is 11.9 Å². The molecule has 0 saturated carbocycles. The van der Waals surface area contributed by atoms with Gasteiger partial charge in [-0.05, 0) is 25.1 Å². The summed E-state index contributed by atoms with van der Waals surface area (Å²) in [5, 5.41) is 0. The predicted octanol–water partition coefficient (Wildman–Crippen LogP) is 2.96. The number of anilines is 1. The Morgan fingerprint density at radius 2 is 1.93 bits per heavy atom. The molecule has 1 fully saturated rings. The number of benzene rings is 1. The molecule has 1 aromatic carbocycles.